The highest BCUT2D eigenvalue weighted by molar-refractivity contribution is 7.89. The first kappa shape index (κ1) is 30.2. The Morgan fingerprint density at radius 3 is 2.23 bits per heavy atom. The first-order valence-electron chi connectivity index (χ1n) is 14.5. The Bertz CT molecular complexity index is 1540. The van der Waals surface area contributed by atoms with E-state index in [0.717, 1.165) is 35.7 Å². The molecule has 2 aliphatic heterocycles. The summed E-state index contributed by atoms with van der Waals surface area (Å²) in [6.45, 7) is 2.80. The molecule has 12 nitrogen and oxygen atoms in total. The minimum atomic E-state index is -3.98. The van der Waals surface area contributed by atoms with Crippen molar-refractivity contribution in [2.75, 3.05) is 57.3 Å². The number of aromatic nitrogens is 1. The summed E-state index contributed by atoms with van der Waals surface area (Å²) in [5.74, 6) is -0.965. The molecule has 2 aromatic carbocycles. The van der Waals surface area contributed by atoms with Gasteiger partial charge in [0, 0.05) is 63.9 Å². The van der Waals surface area contributed by atoms with Gasteiger partial charge in [0.15, 0.2) is 0 Å². The lowest BCUT2D eigenvalue weighted by molar-refractivity contribution is -0.136. The van der Waals surface area contributed by atoms with Gasteiger partial charge in [-0.3, -0.25) is 14.6 Å². The molecule has 0 aliphatic carbocycles. The predicted molar refractivity (Wildman–Crippen MR) is 163 cm³/mol. The maximum atomic E-state index is 13.4. The van der Waals surface area contributed by atoms with Crippen molar-refractivity contribution in [3.8, 4) is 0 Å². The molecule has 1 atom stereocenters. The van der Waals surface area contributed by atoms with Gasteiger partial charge in [-0.25, -0.2) is 17.9 Å². The third-order valence-electron chi connectivity index (χ3n) is 7.81. The molecule has 2 aliphatic rings. The number of pyridine rings is 1. The summed E-state index contributed by atoms with van der Waals surface area (Å²) in [6, 6.07) is 14.6. The molecule has 228 valence electrons. The molecule has 0 spiro atoms. The van der Waals surface area contributed by atoms with Gasteiger partial charge in [0.1, 0.15) is 6.04 Å². The van der Waals surface area contributed by atoms with Crippen LogP contribution in [0.5, 0.6) is 0 Å². The minimum Gasteiger partial charge on any atom is -0.368 e. The number of nitrogens with zero attached hydrogens (tertiary/aromatic N) is 4. The fourth-order valence-corrected chi connectivity index (χ4v) is 6.40. The molecule has 0 bridgehead atoms. The summed E-state index contributed by atoms with van der Waals surface area (Å²) in [4.78, 5) is 48.9. The van der Waals surface area contributed by atoms with E-state index in [1.54, 1.807) is 34.3 Å². The number of hydrogen-bond acceptors (Lipinski definition) is 7. The summed E-state index contributed by atoms with van der Waals surface area (Å²) in [5, 5.41) is 7.12. The third kappa shape index (κ3) is 7.79. The molecule has 1 unspecified atom stereocenters. The van der Waals surface area contributed by atoms with E-state index in [0.29, 0.717) is 39.3 Å². The number of benzene rings is 2. The van der Waals surface area contributed by atoms with Crippen molar-refractivity contribution in [3.63, 3.8) is 0 Å². The highest BCUT2D eigenvalue weighted by atomic mass is 32.2. The lowest BCUT2D eigenvalue weighted by Crippen LogP contribution is -2.58. The number of urea groups is 1. The molecular formula is C30H37N7O5S. The lowest BCUT2D eigenvalue weighted by atomic mass is 10.1. The standard InChI is InChI=1S/C30H37N7O5S/c38-28(22-33-43(41,42)26-9-8-23-6-2-3-7-24(23)20-26)34-27(29(39)36-14-4-1-5-15-36)21-32-30(40)37-18-16-35(17-19-37)25-10-12-31-13-11-25/h2-3,6-13,20,27,33H,1,4-5,14-19,21-22H2,(H,32,40)(H,34,38). The maximum absolute atomic E-state index is 13.4. The molecule has 3 heterocycles. The number of anilines is 1. The summed E-state index contributed by atoms with van der Waals surface area (Å²) in [7, 11) is -3.98. The quantitative estimate of drug-likeness (QED) is 0.335. The van der Waals surface area contributed by atoms with Gasteiger partial charge in [-0.1, -0.05) is 30.3 Å². The van der Waals surface area contributed by atoms with E-state index < -0.39 is 28.5 Å². The number of rotatable bonds is 9. The molecule has 1 aromatic heterocycles. The van der Waals surface area contributed by atoms with Gasteiger partial charge in [-0.2, -0.15) is 0 Å². The van der Waals surface area contributed by atoms with E-state index in [1.807, 2.05) is 36.4 Å². The summed E-state index contributed by atoms with van der Waals surface area (Å²) in [5.41, 5.74) is 1.04. The van der Waals surface area contributed by atoms with Crippen LogP contribution in [0.3, 0.4) is 0 Å². The fraction of sp³-hybridized carbons (Fsp3) is 0.400. The molecule has 2 saturated heterocycles. The number of carbonyl (C=O) groups excluding carboxylic acids is 3. The minimum absolute atomic E-state index is 0.0382. The van der Waals surface area contributed by atoms with Crippen molar-refractivity contribution in [2.24, 2.45) is 0 Å². The summed E-state index contributed by atoms with van der Waals surface area (Å²) < 4.78 is 28.2. The third-order valence-corrected chi connectivity index (χ3v) is 9.21. The van der Waals surface area contributed by atoms with Crippen LogP contribution >= 0.6 is 0 Å². The Balaban J connectivity index is 1.17. The van der Waals surface area contributed by atoms with E-state index >= 15 is 0 Å². The number of likely N-dealkylation sites (tertiary alicyclic amines) is 1. The topological polar surface area (TPSA) is 144 Å². The van der Waals surface area contributed by atoms with Crippen molar-refractivity contribution in [1.82, 2.24) is 30.1 Å². The Kier molecular flexibility index (Phi) is 9.72. The van der Waals surface area contributed by atoms with Crippen LogP contribution in [0.4, 0.5) is 10.5 Å². The average Bonchev–Trinajstić information content (AvgIpc) is 3.06. The molecule has 43 heavy (non-hydrogen) atoms. The van der Waals surface area contributed by atoms with Gasteiger partial charge in [-0.05, 0) is 54.3 Å². The molecule has 4 amide bonds. The van der Waals surface area contributed by atoms with Gasteiger partial charge < -0.3 is 25.3 Å². The van der Waals surface area contributed by atoms with Crippen LogP contribution < -0.4 is 20.3 Å². The van der Waals surface area contributed by atoms with Gasteiger partial charge in [0.25, 0.3) is 0 Å². The first-order valence-corrected chi connectivity index (χ1v) is 16.0. The zero-order valence-electron chi connectivity index (χ0n) is 23.9. The fourth-order valence-electron chi connectivity index (χ4n) is 5.38. The highest BCUT2D eigenvalue weighted by Gasteiger charge is 2.29. The molecule has 3 aromatic rings. The zero-order chi connectivity index (χ0) is 30.2. The number of piperidine rings is 1. The Hall–Kier alpha value is -4.23. The van der Waals surface area contributed by atoms with Crippen LogP contribution in [-0.2, 0) is 19.6 Å². The lowest BCUT2D eigenvalue weighted by Gasteiger charge is -2.36. The second-order valence-corrected chi connectivity index (χ2v) is 12.5. The number of piperazine rings is 1. The SMILES string of the molecule is O=C(CNS(=O)(=O)c1ccc2ccccc2c1)NC(CNC(=O)N1CCN(c2ccncc2)CC1)C(=O)N1CCCCC1. The molecule has 0 saturated carbocycles. The van der Waals surface area contributed by atoms with E-state index in [9.17, 15) is 22.8 Å². The largest absolute Gasteiger partial charge is 0.368 e. The van der Waals surface area contributed by atoms with Gasteiger partial charge in [0.05, 0.1) is 11.4 Å². The Morgan fingerprint density at radius 1 is 0.814 bits per heavy atom. The maximum Gasteiger partial charge on any atom is 0.317 e. The van der Waals surface area contributed by atoms with E-state index in [1.165, 1.54) is 6.07 Å². The molecular weight excluding hydrogens is 570 g/mol. The highest BCUT2D eigenvalue weighted by Crippen LogP contribution is 2.19. The van der Waals surface area contributed by atoms with Crippen molar-refractivity contribution >= 4 is 44.3 Å². The molecule has 5 rings (SSSR count). The van der Waals surface area contributed by atoms with Crippen LogP contribution in [0, 0.1) is 0 Å². The average molecular weight is 608 g/mol. The van der Waals surface area contributed by atoms with Crippen LogP contribution in [0.25, 0.3) is 10.8 Å². The number of hydrogen-bond donors (Lipinski definition) is 3. The summed E-state index contributed by atoms with van der Waals surface area (Å²) in [6.07, 6.45) is 6.23. The number of carbonyl (C=O) groups is 3. The van der Waals surface area contributed by atoms with Crippen molar-refractivity contribution in [3.05, 3.63) is 67.0 Å². The van der Waals surface area contributed by atoms with E-state index in [-0.39, 0.29) is 23.4 Å². The van der Waals surface area contributed by atoms with Crippen LogP contribution in [0.2, 0.25) is 0 Å². The van der Waals surface area contributed by atoms with Gasteiger partial charge in [-0.15, -0.1) is 0 Å². The van der Waals surface area contributed by atoms with Crippen molar-refractivity contribution in [1.29, 1.82) is 0 Å². The van der Waals surface area contributed by atoms with Crippen LogP contribution in [-0.4, -0.2) is 99.4 Å². The summed E-state index contributed by atoms with van der Waals surface area (Å²) >= 11 is 0. The van der Waals surface area contributed by atoms with Gasteiger partial charge in [0.2, 0.25) is 21.8 Å². The van der Waals surface area contributed by atoms with E-state index in [2.05, 4.69) is 25.2 Å². The van der Waals surface area contributed by atoms with E-state index in [4.69, 9.17) is 0 Å². The Morgan fingerprint density at radius 2 is 1.51 bits per heavy atom. The van der Waals surface area contributed by atoms with Crippen LogP contribution in [0.1, 0.15) is 19.3 Å². The molecule has 0 radical (unpaired) electrons. The molecule has 2 fully saturated rings. The normalized spacial score (nSPS) is 16.5. The second-order valence-electron chi connectivity index (χ2n) is 10.7. The number of sulfonamides is 1. The smallest absolute Gasteiger partial charge is 0.317 e. The molecule has 3 N–H and O–H groups in total. The van der Waals surface area contributed by atoms with Crippen LogP contribution in [0.15, 0.2) is 71.9 Å². The zero-order valence-corrected chi connectivity index (χ0v) is 24.8. The first-order chi connectivity index (χ1) is 20.8. The Labute approximate surface area is 251 Å². The number of fused-ring (bicyclic) bond motifs is 1. The van der Waals surface area contributed by atoms with Crippen molar-refractivity contribution < 1.29 is 22.8 Å². The molecule has 13 heteroatoms. The monoisotopic (exact) mass is 607 g/mol. The second kappa shape index (κ2) is 13.8. The predicted octanol–water partition coefficient (Wildman–Crippen LogP) is 1.54. The van der Waals surface area contributed by atoms with Gasteiger partial charge >= 0.3 is 6.03 Å². The number of nitrogens with one attached hydrogen (secondary N) is 3. The number of amides is 4. The van der Waals surface area contributed by atoms with Crippen molar-refractivity contribution in [2.45, 2.75) is 30.2 Å².